The molecule has 0 radical (unpaired) electrons. The average molecular weight is 474 g/mol. The minimum Gasteiger partial charge on any atom is -0.321 e. The predicted molar refractivity (Wildman–Crippen MR) is 113 cm³/mol. The van der Waals surface area contributed by atoms with Crippen LogP contribution in [0, 0.1) is 20.8 Å². The summed E-state index contributed by atoms with van der Waals surface area (Å²) in [5.41, 5.74) is 1.56. The number of nitrogens with zero attached hydrogens (tertiary/aromatic N) is 4. The summed E-state index contributed by atoms with van der Waals surface area (Å²) in [5.74, 6) is -0.513. The van der Waals surface area contributed by atoms with Crippen LogP contribution >= 0.6 is 23.2 Å². The Balaban J connectivity index is 1.83. The fourth-order valence-corrected chi connectivity index (χ4v) is 3.74. The third-order valence-electron chi connectivity index (χ3n) is 4.96. The minimum atomic E-state index is -4.58. The number of anilines is 1. The molecule has 3 rings (SSSR count). The van der Waals surface area contributed by atoms with Gasteiger partial charge in [0, 0.05) is 21.3 Å². The summed E-state index contributed by atoms with van der Waals surface area (Å²) in [4.78, 5) is 12.8. The molecule has 2 heterocycles. The number of aryl methyl sites for hydroxylation is 2. The highest BCUT2D eigenvalue weighted by Crippen LogP contribution is 2.30. The van der Waals surface area contributed by atoms with Gasteiger partial charge in [-0.3, -0.25) is 14.2 Å². The quantitative estimate of drug-likeness (QED) is 0.525. The molecule has 31 heavy (non-hydrogen) atoms. The summed E-state index contributed by atoms with van der Waals surface area (Å²) in [6, 6.07) is 5.13. The second-order valence-corrected chi connectivity index (χ2v) is 8.00. The zero-order valence-corrected chi connectivity index (χ0v) is 18.7. The van der Waals surface area contributed by atoms with E-state index < -0.39 is 23.8 Å². The summed E-state index contributed by atoms with van der Waals surface area (Å²) >= 11 is 12.5. The first-order valence-electron chi connectivity index (χ1n) is 9.31. The van der Waals surface area contributed by atoms with Crippen molar-refractivity contribution in [3.63, 3.8) is 0 Å². The number of aromatic nitrogens is 4. The van der Waals surface area contributed by atoms with Crippen molar-refractivity contribution in [2.75, 3.05) is 5.32 Å². The van der Waals surface area contributed by atoms with Crippen molar-refractivity contribution in [3.05, 3.63) is 62.6 Å². The molecular weight excluding hydrogens is 454 g/mol. The van der Waals surface area contributed by atoms with Gasteiger partial charge in [-0.2, -0.15) is 23.4 Å². The maximum absolute atomic E-state index is 12.9. The van der Waals surface area contributed by atoms with Gasteiger partial charge in [0.05, 0.1) is 23.6 Å². The molecule has 0 bridgehead atoms. The van der Waals surface area contributed by atoms with Gasteiger partial charge in [0.1, 0.15) is 6.04 Å². The number of carbonyl (C=O) groups excluding carboxylic acids is 1. The summed E-state index contributed by atoms with van der Waals surface area (Å²) in [6.07, 6.45) is -4.58. The van der Waals surface area contributed by atoms with Crippen LogP contribution < -0.4 is 5.32 Å². The van der Waals surface area contributed by atoms with E-state index in [9.17, 15) is 18.0 Å². The first-order chi connectivity index (χ1) is 14.4. The Morgan fingerprint density at radius 1 is 1.16 bits per heavy atom. The molecule has 3 aromatic rings. The number of carbonyl (C=O) groups is 1. The fraction of sp³-hybridized carbons (Fsp3) is 0.350. The number of amides is 1. The van der Waals surface area contributed by atoms with Crippen LogP contribution in [0.4, 0.5) is 18.9 Å². The van der Waals surface area contributed by atoms with Gasteiger partial charge in [-0.1, -0.05) is 29.3 Å². The molecule has 11 heteroatoms. The second-order valence-electron chi connectivity index (χ2n) is 7.18. The molecule has 0 saturated carbocycles. The molecule has 1 aromatic carbocycles. The highest BCUT2D eigenvalue weighted by molar-refractivity contribution is 6.35. The van der Waals surface area contributed by atoms with Gasteiger partial charge >= 0.3 is 6.18 Å². The SMILES string of the molecule is Cc1nn(Cc2c(Cl)cccc2Cl)c(C)c1NC(=O)C(C)n1nc(C(F)(F)F)cc1C. The van der Waals surface area contributed by atoms with Crippen molar-refractivity contribution in [2.24, 2.45) is 0 Å². The topological polar surface area (TPSA) is 64.7 Å². The maximum Gasteiger partial charge on any atom is 0.435 e. The smallest absolute Gasteiger partial charge is 0.321 e. The van der Waals surface area contributed by atoms with Crippen molar-refractivity contribution >= 4 is 34.8 Å². The van der Waals surface area contributed by atoms with E-state index in [0.29, 0.717) is 39.2 Å². The second kappa shape index (κ2) is 8.55. The van der Waals surface area contributed by atoms with Crippen LogP contribution in [-0.4, -0.2) is 25.5 Å². The molecule has 1 atom stereocenters. The minimum absolute atomic E-state index is 0.229. The average Bonchev–Trinajstić information content (AvgIpc) is 3.19. The summed E-state index contributed by atoms with van der Waals surface area (Å²) < 4.78 is 41.5. The van der Waals surface area contributed by atoms with Gasteiger partial charge in [0.25, 0.3) is 0 Å². The van der Waals surface area contributed by atoms with E-state index in [1.807, 2.05) is 0 Å². The number of alkyl halides is 3. The summed E-state index contributed by atoms with van der Waals surface area (Å²) in [6.45, 7) is 6.73. The number of benzene rings is 1. The molecule has 0 aliphatic heterocycles. The molecule has 166 valence electrons. The summed E-state index contributed by atoms with van der Waals surface area (Å²) in [7, 11) is 0. The Labute approximate surface area is 186 Å². The third-order valence-corrected chi connectivity index (χ3v) is 5.67. The number of hydrogen-bond donors (Lipinski definition) is 1. The standard InChI is InChI=1S/C20H20Cl2F3N5O/c1-10-8-17(20(23,24)25)28-30(10)13(4)19(31)26-18-11(2)27-29(12(18)3)9-14-15(21)6-5-7-16(14)22/h5-8,13H,9H2,1-4H3,(H,26,31). The summed E-state index contributed by atoms with van der Waals surface area (Å²) in [5, 5.41) is 11.7. The molecule has 6 nitrogen and oxygen atoms in total. The molecule has 0 spiro atoms. The van der Waals surface area contributed by atoms with Gasteiger partial charge in [-0.15, -0.1) is 0 Å². The number of halogens is 5. The monoisotopic (exact) mass is 473 g/mol. The molecule has 0 fully saturated rings. The van der Waals surface area contributed by atoms with E-state index >= 15 is 0 Å². The lowest BCUT2D eigenvalue weighted by atomic mass is 10.2. The zero-order valence-electron chi connectivity index (χ0n) is 17.2. The van der Waals surface area contributed by atoms with Gasteiger partial charge in [-0.25, -0.2) is 0 Å². The molecule has 0 aliphatic rings. The molecular formula is C20H20Cl2F3N5O. The van der Waals surface area contributed by atoms with Crippen LogP contribution in [0.2, 0.25) is 10.0 Å². The molecule has 0 aliphatic carbocycles. The van der Waals surface area contributed by atoms with Gasteiger partial charge in [0.15, 0.2) is 5.69 Å². The van der Waals surface area contributed by atoms with Crippen LogP contribution in [0.15, 0.2) is 24.3 Å². The predicted octanol–water partition coefficient (Wildman–Crippen LogP) is 5.58. The third kappa shape index (κ3) is 4.72. The first kappa shape index (κ1) is 23.1. The normalized spacial score (nSPS) is 12.8. The Bertz CT molecular complexity index is 1120. The van der Waals surface area contributed by atoms with Crippen LogP contribution in [0.1, 0.15) is 41.3 Å². The lowest BCUT2D eigenvalue weighted by molar-refractivity contribution is -0.141. The number of rotatable bonds is 5. The first-order valence-corrected chi connectivity index (χ1v) is 10.1. The van der Waals surface area contributed by atoms with Crippen molar-refractivity contribution in [3.8, 4) is 0 Å². The van der Waals surface area contributed by atoms with Crippen molar-refractivity contribution in [1.29, 1.82) is 0 Å². The van der Waals surface area contributed by atoms with E-state index in [1.54, 1.807) is 36.7 Å². The van der Waals surface area contributed by atoms with Crippen LogP contribution in [-0.2, 0) is 17.5 Å². The number of nitrogens with one attached hydrogen (secondary N) is 1. The van der Waals surface area contributed by atoms with Crippen molar-refractivity contribution in [2.45, 2.75) is 46.5 Å². The zero-order chi connectivity index (χ0) is 23.1. The Kier molecular flexibility index (Phi) is 6.38. The lowest BCUT2D eigenvalue weighted by Crippen LogP contribution is -2.26. The van der Waals surface area contributed by atoms with E-state index in [0.717, 1.165) is 10.7 Å². The Morgan fingerprint density at radius 3 is 2.32 bits per heavy atom. The maximum atomic E-state index is 12.9. The van der Waals surface area contributed by atoms with Gasteiger partial charge in [-0.05, 0) is 45.9 Å². The molecule has 0 saturated heterocycles. The van der Waals surface area contributed by atoms with Crippen LogP contribution in [0.5, 0.6) is 0 Å². The van der Waals surface area contributed by atoms with Crippen LogP contribution in [0.25, 0.3) is 0 Å². The van der Waals surface area contributed by atoms with E-state index in [2.05, 4.69) is 15.5 Å². The Morgan fingerprint density at radius 2 is 1.77 bits per heavy atom. The fourth-order valence-electron chi connectivity index (χ4n) is 3.22. The van der Waals surface area contributed by atoms with Crippen molar-refractivity contribution in [1.82, 2.24) is 19.6 Å². The van der Waals surface area contributed by atoms with Gasteiger partial charge in [0.2, 0.25) is 5.91 Å². The Hall–Kier alpha value is -2.52. The highest BCUT2D eigenvalue weighted by Gasteiger charge is 2.35. The van der Waals surface area contributed by atoms with Crippen LogP contribution in [0.3, 0.4) is 0 Å². The molecule has 2 aromatic heterocycles. The van der Waals surface area contributed by atoms with Gasteiger partial charge < -0.3 is 5.32 Å². The van der Waals surface area contributed by atoms with E-state index in [-0.39, 0.29) is 5.69 Å². The van der Waals surface area contributed by atoms with Crippen molar-refractivity contribution < 1.29 is 18.0 Å². The number of hydrogen-bond acceptors (Lipinski definition) is 3. The lowest BCUT2D eigenvalue weighted by Gasteiger charge is -2.15. The van der Waals surface area contributed by atoms with E-state index in [1.165, 1.54) is 13.8 Å². The molecule has 1 N–H and O–H groups in total. The van der Waals surface area contributed by atoms with E-state index in [4.69, 9.17) is 23.2 Å². The highest BCUT2D eigenvalue weighted by atomic mass is 35.5. The molecule has 1 unspecified atom stereocenters. The molecule has 1 amide bonds. The largest absolute Gasteiger partial charge is 0.435 e.